The van der Waals surface area contributed by atoms with E-state index in [1.54, 1.807) is 0 Å². The average molecular weight is 276 g/mol. The number of aryl methyl sites for hydroxylation is 1. The van der Waals surface area contributed by atoms with Crippen LogP contribution in [0.15, 0.2) is 24.3 Å². The Kier molecular flexibility index (Phi) is 6.70. The highest BCUT2D eigenvalue weighted by Gasteiger charge is 2.26. The van der Waals surface area contributed by atoms with Crippen LogP contribution in [0.5, 0.6) is 0 Å². The molecule has 0 saturated carbocycles. The van der Waals surface area contributed by atoms with Gasteiger partial charge in [-0.1, -0.05) is 45.0 Å². The lowest BCUT2D eigenvalue weighted by atomic mass is 9.84. The monoisotopic (exact) mass is 276 g/mol. The molecule has 20 heavy (non-hydrogen) atoms. The van der Waals surface area contributed by atoms with Crippen molar-refractivity contribution in [1.29, 1.82) is 0 Å². The Morgan fingerprint density at radius 1 is 1.25 bits per heavy atom. The fourth-order valence-electron chi connectivity index (χ4n) is 2.60. The number of nitrogens with zero attached hydrogens (tertiary/aromatic N) is 1. The molecule has 1 N–H and O–H groups in total. The van der Waals surface area contributed by atoms with Gasteiger partial charge in [-0.05, 0) is 50.4 Å². The summed E-state index contributed by atoms with van der Waals surface area (Å²) >= 11 is 0. The zero-order chi connectivity index (χ0) is 15.2. The second kappa shape index (κ2) is 7.80. The fraction of sp³-hybridized carbons (Fsp3) is 0.667. The molecule has 0 aromatic heterocycles. The highest BCUT2D eigenvalue weighted by molar-refractivity contribution is 5.25. The number of hydrogen-bond donors (Lipinski definition) is 1. The van der Waals surface area contributed by atoms with Crippen molar-refractivity contribution in [1.82, 2.24) is 10.2 Å². The topological polar surface area (TPSA) is 15.3 Å². The molecule has 114 valence electrons. The summed E-state index contributed by atoms with van der Waals surface area (Å²) in [5.74, 6) is 0. The first-order chi connectivity index (χ1) is 9.36. The number of hydrogen-bond acceptors (Lipinski definition) is 2. The van der Waals surface area contributed by atoms with Crippen molar-refractivity contribution in [2.24, 2.45) is 5.41 Å². The van der Waals surface area contributed by atoms with Crippen molar-refractivity contribution in [2.75, 3.05) is 20.1 Å². The lowest BCUT2D eigenvalue weighted by molar-refractivity contribution is 0.160. The molecule has 0 radical (unpaired) electrons. The van der Waals surface area contributed by atoms with Crippen molar-refractivity contribution in [3.05, 3.63) is 35.4 Å². The third-order valence-corrected chi connectivity index (χ3v) is 4.25. The van der Waals surface area contributed by atoms with E-state index in [2.05, 4.69) is 76.1 Å². The minimum atomic E-state index is 0.270. The summed E-state index contributed by atoms with van der Waals surface area (Å²) in [5.41, 5.74) is 3.08. The maximum Gasteiger partial charge on any atom is 0.0233 e. The van der Waals surface area contributed by atoms with Crippen LogP contribution >= 0.6 is 0 Å². The molecule has 0 bridgehead atoms. The first kappa shape index (κ1) is 17.2. The van der Waals surface area contributed by atoms with E-state index in [1.807, 2.05) is 0 Å². The molecular weight excluding hydrogens is 244 g/mol. The van der Waals surface area contributed by atoms with Crippen molar-refractivity contribution in [3.8, 4) is 0 Å². The maximum atomic E-state index is 3.63. The molecule has 1 unspecified atom stereocenters. The van der Waals surface area contributed by atoms with Crippen molar-refractivity contribution < 1.29 is 0 Å². The van der Waals surface area contributed by atoms with Crippen LogP contribution in [-0.4, -0.2) is 31.1 Å². The fourth-order valence-corrected chi connectivity index (χ4v) is 2.60. The first-order valence-corrected chi connectivity index (χ1v) is 7.83. The van der Waals surface area contributed by atoms with Gasteiger partial charge in [0.25, 0.3) is 0 Å². The van der Waals surface area contributed by atoms with E-state index in [0.29, 0.717) is 6.04 Å². The van der Waals surface area contributed by atoms with Gasteiger partial charge in [-0.2, -0.15) is 0 Å². The van der Waals surface area contributed by atoms with E-state index in [4.69, 9.17) is 0 Å². The number of rotatable bonds is 8. The number of nitrogens with one attached hydrogen (secondary N) is 1. The molecule has 0 heterocycles. The van der Waals surface area contributed by atoms with Gasteiger partial charge in [0.1, 0.15) is 0 Å². The minimum absolute atomic E-state index is 0.270. The molecule has 2 nitrogen and oxygen atoms in total. The molecule has 2 heteroatoms. The molecule has 0 spiro atoms. The Hall–Kier alpha value is -0.860. The molecule has 0 fully saturated rings. The van der Waals surface area contributed by atoms with E-state index in [9.17, 15) is 0 Å². The van der Waals surface area contributed by atoms with Gasteiger partial charge in [0.05, 0.1) is 0 Å². The van der Waals surface area contributed by atoms with Gasteiger partial charge in [-0.15, -0.1) is 0 Å². The Bertz CT molecular complexity index is 398. The van der Waals surface area contributed by atoms with Gasteiger partial charge < -0.3 is 10.2 Å². The van der Waals surface area contributed by atoms with E-state index in [0.717, 1.165) is 19.6 Å². The Morgan fingerprint density at radius 2 is 1.90 bits per heavy atom. The van der Waals surface area contributed by atoms with Crippen LogP contribution in [0.3, 0.4) is 0 Å². The van der Waals surface area contributed by atoms with Gasteiger partial charge >= 0.3 is 0 Å². The molecule has 1 rings (SSSR count). The van der Waals surface area contributed by atoms with Crippen molar-refractivity contribution in [3.63, 3.8) is 0 Å². The van der Waals surface area contributed by atoms with E-state index >= 15 is 0 Å². The standard InChI is InChI=1S/C18H32N2/c1-7-12-19-16(3)18(4,5)14-20(6)13-17-11-9-8-10-15(17)2/h8-11,16,19H,7,12-14H2,1-6H3. The van der Waals surface area contributed by atoms with Crippen LogP contribution < -0.4 is 5.32 Å². The summed E-state index contributed by atoms with van der Waals surface area (Å²) in [7, 11) is 2.22. The van der Waals surface area contributed by atoms with Crippen molar-refractivity contribution in [2.45, 2.75) is 53.6 Å². The molecule has 1 aromatic carbocycles. The largest absolute Gasteiger partial charge is 0.314 e. The lowest BCUT2D eigenvalue weighted by Gasteiger charge is -2.36. The van der Waals surface area contributed by atoms with Gasteiger partial charge in [0.15, 0.2) is 0 Å². The molecule has 0 amide bonds. The third-order valence-electron chi connectivity index (χ3n) is 4.25. The Balaban J connectivity index is 2.56. The quantitative estimate of drug-likeness (QED) is 0.776. The molecule has 1 aromatic rings. The normalized spacial score (nSPS) is 13.8. The maximum absolute atomic E-state index is 3.63. The first-order valence-electron chi connectivity index (χ1n) is 7.83. The Morgan fingerprint density at radius 3 is 2.50 bits per heavy atom. The molecule has 0 aliphatic rings. The van der Waals surface area contributed by atoms with Gasteiger partial charge in [0.2, 0.25) is 0 Å². The van der Waals surface area contributed by atoms with E-state index in [1.165, 1.54) is 17.5 Å². The van der Waals surface area contributed by atoms with E-state index in [-0.39, 0.29) is 5.41 Å². The smallest absolute Gasteiger partial charge is 0.0233 e. The molecule has 0 aliphatic carbocycles. The predicted octanol–water partition coefficient (Wildman–Crippen LogP) is 3.84. The van der Waals surface area contributed by atoms with Crippen LogP contribution in [0.2, 0.25) is 0 Å². The second-order valence-corrected chi connectivity index (χ2v) is 6.76. The summed E-state index contributed by atoms with van der Waals surface area (Å²) in [6, 6.07) is 9.20. The van der Waals surface area contributed by atoms with E-state index < -0.39 is 0 Å². The minimum Gasteiger partial charge on any atom is -0.314 e. The SMILES string of the molecule is CCCNC(C)C(C)(C)CN(C)Cc1ccccc1C. The highest BCUT2D eigenvalue weighted by atomic mass is 15.1. The van der Waals surface area contributed by atoms with Gasteiger partial charge in [0, 0.05) is 19.1 Å². The van der Waals surface area contributed by atoms with Crippen LogP contribution in [-0.2, 0) is 6.54 Å². The van der Waals surface area contributed by atoms with Crippen molar-refractivity contribution >= 4 is 0 Å². The molecule has 1 atom stereocenters. The summed E-state index contributed by atoms with van der Waals surface area (Å²) < 4.78 is 0. The third kappa shape index (κ3) is 5.26. The van der Waals surface area contributed by atoms with Crippen LogP contribution in [0.1, 0.15) is 45.2 Å². The highest BCUT2D eigenvalue weighted by Crippen LogP contribution is 2.23. The zero-order valence-corrected chi connectivity index (χ0v) is 14.2. The lowest BCUT2D eigenvalue weighted by Crippen LogP contribution is -2.46. The van der Waals surface area contributed by atoms with Crippen LogP contribution in [0.25, 0.3) is 0 Å². The number of benzene rings is 1. The predicted molar refractivity (Wildman–Crippen MR) is 89.0 cm³/mol. The summed E-state index contributed by atoms with van der Waals surface area (Å²) in [5, 5.41) is 3.63. The van der Waals surface area contributed by atoms with Crippen LogP contribution in [0.4, 0.5) is 0 Å². The van der Waals surface area contributed by atoms with Crippen LogP contribution in [0, 0.1) is 12.3 Å². The zero-order valence-electron chi connectivity index (χ0n) is 14.2. The summed E-state index contributed by atoms with van der Waals surface area (Å²) in [6.45, 7) is 14.7. The molecular formula is C18H32N2. The summed E-state index contributed by atoms with van der Waals surface area (Å²) in [6.07, 6.45) is 1.19. The van der Waals surface area contributed by atoms with Gasteiger partial charge in [-0.3, -0.25) is 0 Å². The van der Waals surface area contributed by atoms with Gasteiger partial charge in [-0.25, -0.2) is 0 Å². The summed E-state index contributed by atoms with van der Waals surface area (Å²) in [4.78, 5) is 2.44. The second-order valence-electron chi connectivity index (χ2n) is 6.76. The average Bonchev–Trinajstić information content (AvgIpc) is 2.38. The Labute approximate surface area is 125 Å². The molecule has 0 aliphatic heterocycles. The molecule has 0 saturated heterocycles.